The van der Waals surface area contributed by atoms with Crippen molar-refractivity contribution in [3.8, 4) is 0 Å². The van der Waals surface area contributed by atoms with Crippen molar-refractivity contribution >= 4 is 6.01 Å². The Labute approximate surface area is 109 Å². The molecule has 2 N–H and O–H groups in total. The molecule has 18 heavy (non-hydrogen) atoms. The normalized spacial score (nSPS) is 23.8. The molecule has 1 aliphatic rings. The molecule has 1 aromatic rings. The Hall–Kier alpha value is -1.10. The monoisotopic (exact) mass is 252 g/mol. The van der Waals surface area contributed by atoms with Crippen LogP contribution in [0.3, 0.4) is 0 Å². The minimum Gasteiger partial charge on any atom is -0.407 e. The van der Waals surface area contributed by atoms with Crippen molar-refractivity contribution < 1.29 is 4.42 Å². The van der Waals surface area contributed by atoms with Gasteiger partial charge in [0.25, 0.3) is 0 Å². The van der Waals surface area contributed by atoms with E-state index in [1.807, 2.05) is 0 Å². The molecule has 1 aromatic heterocycles. The summed E-state index contributed by atoms with van der Waals surface area (Å²) in [4.78, 5) is 0. The first-order valence-corrected chi connectivity index (χ1v) is 6.93. The van der Waals surface area contributed by atoms with Gasteiger partial charge < -0.3 is 15.1 Å². The summed E-state index contributed by atoms with van der Waals surface area (Å²) in [6.45, 7) is 8.09. The van der Waals surface area contributed by atoms with Crippen molar-refractivity contribution in [2.75, 3.05) is 11.9 Å². The summed E-state index contributed by atoms with van der Waals surface area (Å²) in [5.41, 5.74) is 0. The molecule has 1 aliphatic carbocycles. The van der Waals surface area contributed by atoms with Crippen LogP contribution in [-0.2, 0) is 6.54 Å². The second kappa shape index (κ2) is 6.18. The van der Waals surface area contributed by atoms with Gasteiger partial charge in [-0.05, 0) is 24.7 Å². The largest absolute Gasteiger partial charge is 0.407 e. The number of nitrogens with one attached hydrogen (secondary N) is 2. The van der Waals surface area contributed by atoms with E-state index in [2.05, 4.69) is 41.6 Å². The van der Waals surface area contributed by atoms with Gasteiger partial charge in [0.1, 0.15) is 0 Å². The molecule has 5 nitrogen and oxygen atoms in total. The van der Waals surface area contributed by atoms with Crippen LogP contribution >= 0.6 is 0 Å². The summed E-state index contributed by atoms with van der Waals surface area (Å²) >= 11 is 0. The quantitative estimate of drug-likeness (QED) is 0.814. The molecule has 1 fully saturated rings. The van der Waals surface area contributed by atoms with Crippen molar-refractivity contribution in [1.82, 2.24) is 15.5 Å². The van der Waals surface area contributed by atoms with Gasteiger partial charge in [-0.2, -0.15) is 0 Å². The van der Waals surface area contributed by atoms with Crippen LogP contribution in [0.2, 0.25) is 0 Å². The van der Waals surface area contributed by atoms with Gasteiger partial charge in [0.15, 0.2) is 0 Å². The third-order valence-electron chi connectivity index (χ3n) is 3.47. The van der Waals surface area contributed by atoms with E-state index in [4.69, 9.17) is 4.42 Å². The topological polar surface area (TPSA) is 63.0 Å². The van der Waals surface area contributed by atoms with E-state index in [0.29, 0.717) is 24.5 Å². The molecule has 1 saturated carbocycles. The van der Waals surface area contributed by atoms with Gasteiger partial charge in [0, 0.05) is 12.6 Å². The minimum absolute atomic E-state index is 0.424. The molecule has 0 aromatic carbocycles. The van der Waals surface area contributed by atoms with Crippen LogP contribution in [0.25, 0.3) is 0 Å². The molecule has 2 rings (SSSR count). The SMILES string of the molecule is CC1CCC(CNc2nnc(CNC(C)C)o2)C1. The van der Waals surface area contributed by atoms with Crippen LogP contribution in [0.15, 0.2) is 4.42 Å². The third kappa shape index (κ3) is 3.98. The van der Waals surface area contributed by atoms with Crippen LogP contribution < -0.4 is 10.6 Å². The van der Waals surface area contributed by atoms with Gasteiger partial charge in [-0.3, -0.25) is 0 Å². The Morgan fingerprint density at radius 1 is 1.33 bits per heavy atom. The fourth-order valence-corrected chi connectivity index (χ4v) is 2.43. The highest BCUT2D eigenvalue weighted by molar-refractivity contribution is 5.17. The van der Waals surface area contributed by atoms with Crippen molar-refractivity contribution in [3.63, 3.8) is 0 Å². The molecular weight excluding hydrogens is 228 g/mol. The summed E-state index contributed by atoms with van der Waals surface area (Å²) in [6, 6.07) is 0.975. The molecule has 2 unspecified atom stereocenters. The van der Waals surface area contributed by atoms with E-state index in [0.717, 1.165) is 18.4 Å². The van der Waals surface area contributed by atoms with Crippen LogP contribution in [0.4, 0.5) is 6.01 Å². The zero-order valence-corrected chi connectivity index (χ0v) is 11.6. The first-order chi connectivity index (χ1) is 8.63. The third-order valence-corrected chi connectivity index (χ3v) is 3.47. The summed E-state index contributed by atoms with van der Waals surface area (Å²) < 4.78 is 5.52. The molecule has 0 aliphatic heterocycles. The number of rotatable bonds is 6. The van der Waals surface area contributed by atoms with E-state index in [-0.39, 0.29) is 0 Å². The van der Waals surface area contributed by atoms with E-state index in [1.54, 1.807) is 0 Å². The summed E-state index contributed by atoms with van der Waals surface area (Å²) in [5, 5.41) is 14.5. The highest BCUT2D eigenvalue weighted by Gasteiger charge is 2.21. The molecule has 0 spiro atoms. The van der Waals surface area contributed by atoms with Gasteiger partial charge in [0.2, 0.25) is 5.89 Å². The maximum absolute atomic E-state index is 5.52. The highest BCUT2D eigenvalue weighted by atomic mass is 16.4. The van der Waals surface area contributed by atoms with Crippen molar-refractivity contribution in [1.29, 1.82) is 0 Å². The fraction of sp³-hybridized carbons (Fsp3) is 0.846. The molecule has 1 heterocycles. The lowest BCUT2D eigenvalue weighted by molar-refractivity contribution is 0.453. The lowest BCUT2D eigenvalue weighted by Gasteiger charge is -2.08. The zero-order chi connectivity index (χ0) is 13.0. The molecule has 5 heteroatoms. The second-order valence-electron chi connectivity index (χ2n) is 5.70. The Morgan fingerprint density at radius 2 is 2.17 bits per heavy atom. The lowest BCUT2D eigenvalue weighted by atomic mass is 10.1. The number of hydrogen-bond acceptors (Lipinski definition) is 5. The van der Waals surface area contributed by atoms with Gasteiger partial charge >= 0.3 is 6.01 Å². The first kappa shape index (κ1) is 13.3. The van der Waals surface area contributed by atoms with E-state index in [1.165, 1.54) is 19.3 Å². The molecule has 0 radical (unpaired) electrons. The van der Waals surface area contributed by atoms with Gasteiger partial charge in [-0.15, -0.1) is 5.10 Å². The number of hydrogen-bond donors (Lipinski definition) is 2. The lowest BCUT2D eigenvalue weighted by Crippen LogP contribution is -2.21. The van der Waals surface area contributed by atoms with Crippen LogP contribution in [-0.4, -0.2) is 22.8 Å². The van der Waals surface area contributed by atoms with Crippen molar-refractivity contribution in [2.24, 2.45) is 11.8 Å². The van der Waals surface area contributed by atoms with Crippen LogP contribution in [0.5, 0.6) is 0 Å². The zero-order valence-electron chi connectivity index (χ0n) is 11.6. The van der Waals surface area contributed by atoms with Gasteiger partial charge in [0.05, 0.1) is 6.54 Å². The highest BCUT2D eigenvalue weighted by Crippen LogP contribution is 2.30. The average molecular weight is 252 g/mol. The Kier molecular flexibility index (Phi) is 4.58. The molecular formula is C13H24N4O. The fourth-order valence-electron chi connectivity index (χ4n) is 2.43. The molecule has 2 atom stereocenters. The maximum atomic E-state index is 5.52. The summed E-state index contributed by atoms with van der Waals surface area (Å²) in [7, 11) is 0. The summed E-state index contributed by atoms with van der Waals surface area (Å²) in [5.74, 6) is 2.26. The van der Waals surface area contributed by atoms with E-state index in [9.17, 15) is 0 Å². The molecule has 102 valence electrons. The molecule has 0 saturated heterocycles. The maximum Gasteiger partial charge on any atom is 0.315 e. The van der Waals surface area contributed by atoms with Crippen LogP contribution in [0.1, 0.15) is 45.9 Å². The Morgan fingerprint density at radius 3 is 2.83 bits per heavy atom. The summed E-state index contributed by atoms with van der Waals surface area (Å²) in [6.07, 6.45) is 3.96. The standard InChI is InChI=1S/C13H24N4O/c1-9(2)14-8-12-16-17-13(18-12)15-7-11-5-4-10(3)6-11/h9-11,14H,4-8H2,1-3H3,(H,15,17). The second-order valence-corrected chi connectivity index (χ2v) is 5.70. The predicted octanol–water partition coefficient (Wildman–Crippen LogP) is 2.42. The number of anilines is 1. The van der Waals surface area contributed by atoms with Gasteiger partial charge in [-0.25, -0.2) is 0 Å². The Bertz CT molecular complexity index is 364. The Balaban J connectivity index is 1.73. The van der Waals surface area contributed by atoms with E-state index < -0.39 is 0 Å². The van der Waals surface area contributed by atoms with Gasteiger partial charge in [-0.1, -0.05) is 32.3 Å². The van der Waals surface area contributed by atoms with E-state index >= 15 is 0 Å². The number of aromatic nitrogens is 2. The molecule has 0 bridgehead atoms. The average Bonchev–Trinajstić information content (AvgIpc) is 2.93. The minimum atomic E-state index is 0.424. The number of nitrogens with zero attached hydrogens (tertiary/aromatic N) is 2. The molecule has 0 amide bonds. The van der Waals surface area contributed by atoms with Crippen molar-refractivity contribution in [2.45, 2.75) is 52.6 Å². The first-order valence-electron chi connectivity index (χ1n) is 6.93. The van der Waals surface area contributed by atoms with Crippen LogP contribution in [0, 0.1) is 11.8 Å². The predicted molar refractivity (Wildman–Crippen MR) is 71.3 cm³/mol. The van der Waals surface area contributed by atoms with Crippen molar-refractivity contribution in [3.05, 3.63) is 5.89 Å². The smallest absolute Gasteiger partial charge is 0.315 e.